The lowest BCUT2D eigenvalue weighted by Gasteiger charge is -2.35. The van der Waals surface area contributed by atoms with Crippen molar-refractivity contribution in [2.75, 3.05) is 6.54 Å². The number of benzene rings is 1. The number of hydrogen-bond acceptors (Lipinski definition) is 4. The first kappa shape index (κ1) is 27.7. The van der Waals surface area contributed by atoms with Gasteiger partial charge in [-0.25, -0.2) is 4.79 Å². The van der Waals surface area contributed by atoms with Crippen LogP contribution in [0.15, 0.2) is 24.3 Å². The fourth-order valence-electron chi connectivity index (χ4n) is 4.33. The predicted octanol–water partition coefficient (Wildman–Crippen LogP) is 5.03. The molecule has 1 aromatic carbocycles. The Kier molecular flexibility index (Phi) is 10.4. The van der Waals surface area contributed by atoms with E-state index in [0.717, 1.165) is 49.7 Å². The summed E-state index contributed by atoms with van der Waals surface area (Å²) < 4.78 is 5.33. The number of carbonyl (C=O) groups excluding carboxylic acids is 3. The summed E-state index contributed by atoms with van der Waals surface area (Å²) in [7, 11) is 0. The Morgan fingerprint density at radius 2 is 1.82 bits per heavy atom. The minimum atomic E-state index is -0.832. The zero-order chi connectivity index (χ0) is 25.3. The molecule has 7 nitrogen and oxygen atoms in total. The Balaban J connectivity index is 2.32. The number of rotatable bonds is 9. The van der Waals surface area contributed by atoms with Gasteiger partial charge in [-0.05, 0) is 59.4 Å². The van der Waals surface area contributed by atoms with Crippen LogP contribution in [0.5, 0.6) is 0 Å². The first-order valence-electron chi connectivity index (χ1n) is 12.7. The standard InChI is InChI=1S/C27H43N3O4/c1-7-8-17-30(25(32)20(3)28-26(33)34-27(4,5)6)23(21-14-12-13-19(2)18-21)24(31)29-22-15-10-9-11-16-22/h12-14,18,20,22-23H,7-11,15-17H2,1-6H3,(H,28,33)(H,29,31). The topological polar surface area (TPSA) is 87.7 Å². The number of amides is 3. The summed E-state index contributed by atoms with van der Waals surface area (Å²) in [6.45, 7) is 11.4. The van der Waals surface area contributed by atoms with Crippen LogP contribution in [0, 0.1) is 6.92 Å². The smallest absolute Gasteiger partial charge is 0.408 e. The average molecular weight is 474 g/mol. The maximum absolute atomic E-state index is 13.6. The predicted molar refractivity (Wildman–Crippen MR) is 134 cm³/mol. The highest BCUT2D eigenvalue weighted by Crippen LogP contribution is 2.26. The van der Waals surface area contributed by atoms with Gasteiger partial charge in [-0.3, -0.25) is 9.59 Å². The van der Waals surface area contributed by atoms with Crippen molar-refractivity contribution >= 4 is 17.9 Å². The molecule has 2 atom stereocenters. The van der Waals surface area contributed by atoms with Gasteiger partial charge in [0.25, 0.3) is 0 Å². The number of ether oxygens (including phenoxy) is 1. The minimum Gasteiger partial charge on any atom is -0.444 e. The first-order chi connectivity index (χ1) is 16.0. The lowest BCUT2D eigenvalue weighted by Crippen LogP contribution is -2.53. The van der Waals surface area contributed by atoms with Crippen LogP contribution < -0.4 is 10.6 Å². The SMILES string of the molecule is CCCCN(C(=O)C(C)NC(=O)OC(C)(C)C)C(C(=O)NC1CCCCC1)c1cccc(C)c1. The van der Waals surface area contributed by atoms with Gasteiger partial charge in [0.15, 0.2) is 0 Å². The number of nitrogens with one attached hydrogen (secondary N) is 2. The number of carbonyl (C=O) groups is 3. The molecule has 7 heteroatoms. The fourth-order valence-corrected chi connectivity index (χ4v) is 4.33. The van der Waals surface area contributed by atoms with Crippen molar-refractivity contribution in [1.29, 1.82) is 0 Å². The molecule has 0 aromatic heterocycles. The second-order valence-electron chi connectivity index (χ2n) is 10.4. The third-order valence-electron chi connectivity index (χ3n) is 6.01. The van der Waals surface area contributed by atoms with Crippen molar-refractivity contribution in [1.82, 2.24) is 15.5 Å². The quantitative estimate of drug-likeness (QED) is 0.527. The van der Waals surface area contributed by atoms with Crippen molar-refractivity contribution < 1.29 is 19.1 Å². The summed E-state index contributed by atoms with van der Waals surface area (Å²) in [4.78, 5) is 41.2. The van der Waals surface area contributed by atoms with Gasteiger partial charge < -0.3 is 20.3 Å². The highest BCUT2D eigenvalue weighted by molar-refractivity contribution is 5.92. The summed E-state index contributed by atoms with van der Waals surface area (Å²) in [5, 5.41) is 5.86. The maximum atomic E-state index is 13.6. The van der Waals surface area contributed by atoms with E-state index in [1.807, 2.05) is 31.2 Å². The minimum absolute atomic E-state index is 0.133. The van der Waals surface area contributed by atoms with Gasteiger partial charge in [0.05, 0.1) is 0 Å². The van der Waals surface area contributed by atoms with Crippen LogP contribution in [0.2, 0.25) is 0 Å². The van der Waals surface area contributed by atoms with Crippen molar-refractivity contribution in [3.8, 4) is 0 Å². The van der Waals surface area contributed by atoms with Crippen LogP contribution in [0.25, 0.3) is 0 Å². The fraction of sp³-hybridized carbons (Fsp3) is 0.667. The number of nitrogens with zero attached hydrogens (tertiary/aromatic N) is 1. The van der Waals surface area contributed by atoms with Crippen LogP contribution in [0.4, 0.5) is 4.79 Å². The largest absolute Gasteiger partial charge is 0.444 e. The first-order valence-corrected chi connectivity index (χ1v) is 12.7. The molecule has 0 bridgehead atoms. The Morgan fingerprint density at radius 3 is 2.41 bits per heavy atom. The van der Waals surface area contributed by atoms with Gasteiger partial charge in [0.1, 0.15) is 17.7 Å². The molecule has 190 valence electrons. The van der Waals surface area contributed by atoms with Crippen LogP contribution >= 0.6 is 0 Å². The van der Waals surface area contributed by atoms with E-state index in [4.69, 9.17) is 4.74 Å². The second kappa shape index (κ2) is 12.8. The molecular formula is C27H43N3O4. The summed E-state index contributed by atoms with van der Waals surface area (Å²) >= 11 is 0. The Bertz CT molecular complexity index is 827. The van der Waals surface area contributed by atoms with E-state index in [0.29, 0.717) is 6.54 Å². The molecule has 0 saturated heterocycles. The van der Waals surface area contributed by atoms with Crippen LogP contribution in [0.3, 0.4) is 0 Å². The molecule has 1 saturated carbocycles. The van der Waals surface area contributed by atoms with Gasteiger partial charge in [0.2, 0.25) is 11.8 Å². The molecule has 0 radical (unpaired) electrons. The lowest BCUT2D eigenvalue weighted by molar-refractivity contribution is -0.142. The van der Waals surface area contributed by atoms with Gasteiger partial charge in [0, 0.05) is 12.6 Å². The third-order valence-corrected chi connectivity index (χ3v) is 6.01. The van der Waals surface area contributed by atoms with E-state index >= 15 is 0 Å². The zero-order valence-electron chi connectivity index (χ0n) is 21.8. The van der Waals surface area contributed by atoms with E-state index in [9.17, 15) is 14.4 Å². The van der Waals surface area contributed by atoms with Crippen LogP contribution in [0.1, 0.15) is 96.7 Å². The Hall–Kier alpha value is -2.57. The van der Waals surface area contributed by atoms with Crippen molar-refractivity contribution in [2.45, 2.75) is 110 Å². The van der Waals surface area contributed by atoms with Gasteiger partial charge in [-0.1, -0.05) is 62.4 Å². The van der Waals surface area contributed by atoms with Crippen molar-refractivity contribution in [3.05, 3.63) is 35.4 Å². The molecule has 2 unspecified atom stereocenters. The van der Waals surface area contributed by atoms with Gasteiger partial charge in [-0.15, -0.1) is 0 Å². The molecule has 1 aliphatic rings. The summed E-state index contributed by atoms with van der Waals surface area (Å²) in [5.74, 6) is -0.462. The summed E-state index contributed by atoms with van der Waals surface area (Å²) in [6, 6.07) is 6.29. The van der Waals surface area contributed by atoms with Crippen LogP contribution in [-0.4, -0.2) is 47.0 Å². The Morgan fingerprint density at radius 1 is 1.15 bits per heavy atom. The van der Waals surface area contributed by atoms with E-state index in [1.165, 1.54) is 6.42 Å². The third kappa shape index (κ3) is 8.65. The average Bonchev–Trinajstić information content (AvgIpc) is 2.75. The van der Waals surface area contributed by atoms with E-state index < -0.39 is 23.8 Å². The highest BCUT2D eigenvalue weighted by atomic mass is 16.6. The van der Waals surface area contributed by atoms with Crippen molar-refractivity contribution in [2.24, 2.45) is 0 Å². The molecule has 1 fully saturated rings. The molecule has 0 aliphatic heterocycles. The summed E-state index contributed by atoms with van der Waals surface area (Å²) in [6.07, 6.45) is 6.32. The van der Waals surface area contributed by atoms with Crippen LogP contribution in [-0.2, 0) is 14.3 Å². The lowest BCUT2D eigenvalue weighted by atomic mass is 9.94. The number of hydrogen-bond donors (Lipinski definition) is 2. The number of unbranched alkanes of at least 4 members (excludes halogenated alkanes) is 1. The summed E-state index contributed by atoms with van der Waals surface area (Å²) in [5.41, 5.74) is 1.14. The van der Waals surface area contributed by atoms with E-state index in [1.54, 1.807) is 32.6 Å². The molecule has 2 N–H and O–H groups in total. The van der Waals surface area contributed by atoms with E-state index in [-0.39, 0.29) is 17.9 Å². The molecule has 1 aliphatic carbocycles. The molecule has 2 rings (SSSR count). The Labute approximate surface area is 205 Å². The molecule has 1 aromatic rings. The van der Waals surface area contributed by atoms with Crippen molar-refractivity contribution in [3.63, 3.8) is 0 Å². The highest BCUT2D eigenvalue weighted by Gasteiger charge is 2.35. The number of aryl methyl sites for hydroxylation is 1. The molecule has 0 heterocycles. The van der Waals surface area contributed by atoms with Gasteiger partial charge in [-0.2, -0.15) is 0 Å². The molecule has 34 heavy (non-hydrogen) atoms. The molecule has 3 amide bonds. The number of alkyl carbamates (subject to hydrolysis) is 1. The maximum Gasteiger partial charge on any atom is 0.408 e. The normalized spacial score (nSPS) is 16.3. The van der Waals surface area contributed by atoms with Gasteiger partial charge >= 0.3 is 6.09 Å². The monoisotopic (exact) mass is 473 g/mol. The molecular weight excluding hydrogens is 430 g/mol. The second-order valence-corrected chi connectivity index (χ2v) is 10.4. The molecule has 0 spiro atoms. The zero-order valence-corrected chi connectivity index (χ0v) is 21.8. The van der Waals surface area contributed by atoms with E-state index in [2.05, 4.69) is 17.6 Å².